The number of carbonyl (C=O) groups is 1. The summed E-state index contributed by atoms with van der Waals surface area (Å²) in [5.74, 6) is 2.02. The van der Waals surface area contributed by atoms with Crippen molar-refractivity contribution in [1.82, 2.24) is 0 Å². The number of hydrogen-bond acceptors (Lipinski definition) is 2. The highest BCUT2D eigenvalue weighted by atomic mass is 16.5. The van der Waals surface area contributed by atoms with E-state index in [-0.39, 0.29) is 22.7 Å². The van der Waals surface area contributed by atoms with Gasteiger partial charge < -0.3 is 4.74 Å². The lowest BCUT2D eigenvalue weighted by Crippen LogP contribution is -2.74. The van der Waals surface area contributed by atoms with E-state index in [1.54, 1.807) is 178 Å². The molecule has 0 bridgehead atoms. The molecule has 7 atom stereocenters. The fourth-order valence-corrected chi connectivity index (χ4v) is 20.7. The molecule has 9 aromatic rings. The van der Waals surface area contributed by atoms with Gasteiger partial charge in [-0.15, -0.1) is 0 Å². The van der Waals surface area contributed by atoms with E-state index in [0.29, 0.717) is 30.1 Å². The van der Waals surface area contributed by atoms with Crippen molar-refractivity contribution in [2.75, 3.05) is 7.11 Å². The average molecular weight is 811 g/mol. The van der Waals surface area contributed by atoms with Crippen molar-refractivity contribution in [3.8, 4) is 22.3 Å². The highest BCUT2D eigenvalue weighted by Crippen LogP contribution is 2.91. The van der Waals surface area contributed by atoms with Gasteiger partial charge in [0, 0.05) is 35.0 Å². The summed E-state index contributed by atoms with van der Waals surface area (Å²) in [7, 11) is 1.55. The van der Waals surface area contributed by atoms with Crippen LogP contribution in [0.5, 0.6) is 0 Å². The molecule has 0 aliphatic heterocycles. The molecule has 13 aliphatic carbocycles. The molecule has 13 aliphatic rings. The number of ether oxygens (including phenoxy) is 1. The van der Waals surface area contributed by atoms with Crippen LogP contribution in [0.15, 0.2) is 78.4 Å². The van der Waals surface area contributed by atoms with Crippen LogP contribution < -0.4 is 0 Å². The van der Waals surface area contributed by atoms with E-state index in [0.717, 1.165) is 32.1 Å². The Morgan fingerprint density at radius 1 is 0.625 bits per heavy atom. The number of allylic oxidation sites excluding steroid dienone is 4. The molecule has 9 aromatic carbocycles. The third-order valence-electron chi connectivity index (χ3n) is 21.6. The second-order valence-electron chi connectivity index (χ2n) is 22.7. The molecular weight excluding hydrogens is 777 g/mol. The van der Waals surface area contributed by atoms with E-state index in [1.807, 2.05) is 5.57 Å². The maximum absolute atomic E-state index is 12.9. The minimum atomic E-state index is -0.190. The van der Waals surface area contributed by atoms with E-state index in [4.69, 9.17) is 4.74 Å². The number of benzene rings is 9. The van der Waals surface area contributed by atoms with Gasteiger partial charge in [-0.05, 0) is 232 Å². The summed E-state index contributed by atoms with van der Waals surface area (Å²) in [4.78, 5) is 12.9. The molecule has 2 heteroatoms. The van der Waals surface area contributed by atoms with E-state index in [9.17, 15) is 4.79 Å². The summed E-state index contributed by atoms with van der Waals surface area (Å²) < 4.78 is 5.30. The Labute approximate surface area is 366 Å². The zero-order chi connectivity index (χ0) is 40.2. The van der Waals surface area contributed by atoms with E-state index in [2.05, 4.69) is 72.8 Å². The van der Waals surface area contributed by atoms with Crippen LogP contribution in [0.4, 0.5) is 0 Å². The van der Waals surface area contributed by atoms with Crippen LogP contribution in [-0.4, -0.2) is 13.1 Å². The number of rotatable bonds is 6. The molecule has 22 rings (SSSR count). The van der Waals surface area contributed by atoms with Crippen molar-refractivity contribution in [1.29, 1.82) is 0 Å². The topological polar surface area (TPSA) is 26.3 Å². The van der Waals surface area contributed by atoms with E-state index in [1.165, 1.54) is 17.4 Å². The van der Waals surface area contributed by atoms with Gasteiger partial charge in [0.25, 0.3) is 0 Å². The second-order valence-corrected chi connectivity index (χ2v) is 22.7. The fourth-order valence-electron chi connectivity index (χ4n) is 20.7. The third kappa shape index (κ3) is 2.22. The van der Waals surface area contributed by atoms with Crippen LogP contribution in [0, 0.1) is 11.8 Å². The molecule has 0 fully saturated rings. The maximum Gasteiger partial charge on any atom is 0.305 e. The second kappa shape index (κ2) is 8.22. The molecule has 64 heavy (non-hydrogen) atoms. The molecule has 0 radical (unpaired) electrons. The zero-order valence-electron chi connectivity index (χ0n) is 35.1. The van der Waals surface area contributed by atoms with Gasteiger partial charge in [-0.1, -0.05) is 78.4 Å². The lowest BCUT2D eigenvalue weighted by atomic mass is 9.23. The SMILES string of the molecule is COC(=O)CCCC(c1ccccc1)[C@@]12c3ccc4c5c3C13c1c2ccc2c1-c1c6c7c8c9c%10c%11c%12c%13c-%10c%10c(cc%13cc%13c%12c%12c(cc(c1c%12c7%11)C2)C%13)CC1=C%10C9C(C5=C8C63)C1C4. The van der Waals surface area contributed by atoms with Crippen LogP contribution in [0.2, 0.25) is 0 Å². The van der Waals surface area contributed by atoms with Crippen LogP contribution >= 0.6 is 0 Å². The molecule has 0 heterocycles. The molecule has 0 saturated carbocycles. The summed E-state index contributed by atoms with van der Waals surface area (Å²) in [5, 5.41) is 16.2. The van der Waals surface area contributed by atoms with Crippen molar-refractivity contribution >= 4 is 76.6 Å². The molecule has 294 valence electrons. The number of methoxy groups -OCH3 is 1. The molecule has 0 amide bonds. The predicted molar refractivity (Wildman–Crippen MR) is 252 cm³/mol. The third-order valence-corrected chi connectivity index (χ3v) is 21.6. The van der Waals surface area contributed by atoms with Gasteiger partial charge in [0.15, 0.2) is 0 Å². The maximum atomic E-state index is 12.9. The number of fused-ring (bicyclic) bond motifs is 3. The summed E-state index contributed by atoms with van der Waals surface area (Å²) >= 11 is 0. The first-order valence-corrected chi connectivity index (χ1v) is 24.4. The Morgan fingerprint density at radius 2 is 1.38 bits per heavy atom. The zero-order valence-corrected chi connectivity index (χ0v) is 35.1. The van der Waals surface area contributed by atoms with Crippen molar-refractivity contribution < 1.29 is 9.53 Å². The van der Waals surface area contributed by atoms with Crippen LogP contribution in [0.1, 0.15) is 126 Å². The summed E-state index contributed by atoms with van der Waals surface area (Å²) in [6, 6.07) is 30.2. The summed E-state index contributed by atoms with van der Waals surface area (Å²) in [6.45, 7) is 0. The van der Waals surface area contributed by atoms with Gasteiger partial charge >= 0.3 is 5.97 Å². The smallest absolute Gasteiger partial charge is 0.305 e. The van der Waals surface area contributed by atoms with Gasteiger partial charge in [-0.2, -0.15) is 0 Å². The average Bonchev–Trinajstić information content (AvgIpc) is 4.13. The number of esters is 1. The first-order chi connectivity index (χ1) is 31.7. The Bertz CT molecular complexity index is 4360. The van der Waals surface area contributed by atoms with E-state index < -0.39 is 0 Å². The highest BCUT2D eigenvalue weighted by molar-refractivity contribution is 6.50. The Balaban J connectivity index is 1.01. The van der Waals surface area contributed by atoms with Gasteiger partial charge in [-0.25, -0.2) is 0 Å². The molecule has 0 N–H and O–H groups in total. The van der Waals surface area contributed by atoms with Crippen LogP contribution in [-0.2, 0) is 46.0 Å². The molecule has 1 spiro atoms. The minimum absolute atomic E-state index is 0.0924. The Kier molecular flexibility index (Phi) is 3.82. The summed E-state index contributed by atoms with van der Waals surface area (Å²) in [5.41, 5.74) is 39.7. The first kappa shape index (κ1) is 29.8. The van der Waals surface area contributed by atoms with Crippen molar-refractivity contribution in [2.24, 2.45) is 11.8 Å². The van der Waals surface area contributed by atoms with Crippen molar-refractivity contribution in [3.05, 3.63) is 167 Å². The fraction of sp³-hybridized carbons (Fsp3) is 0.242. The van der Waals surface area contributed by atoms with Gasteiger partial charge in [0.1, 0.15) is 0 Å². The van der Waals surface area contributed by atoms with Crippen LogP contribution in [0.25, 0.3) is 92.8 Å². The molecule has 6 unspecified atom stereocenters. The summed E-state index contributed by atoms with van der Waals surface area (Å²) in [6.07, 6.45) is 6.63. The predicted octanol–water partition coefficient (Wildman–Crippen LogP) is 12.9. The first-order valence-electron chi connectivity index (χ1n) is 24.4. The number of carbonyl (C=O) groups excluding carboxylic acids is 1. The normalized spacial score (nSPS) is 28.3. The standard InChI is InChI=1S/C62H34O2/c1-64-34(63)9-5-8-31(21-6-3-2-4-7-21)61-32-12-10-22-14-24-15-25-16-26-17-27-18-28-20-30-29-19-23-11-13-33(61)59-41(23)48-43(29)49-42(30)37(28)46-38(27)44-35(26)36(25)45-39(24)47-40(22)58(32)62(59,61)60-56(47)54-52(45)50(44)51(46)53(49)55(54)57(48)60/h2-4,6-7,10-13,15,17-18,29,31,43,49,60H,5,8-9,14,16,19-20H2,1H3/t29?,31?,43?,49?,60?,61-,62?/m1/s1. The highest BCUT2D eigenvalue weighted by Gasteiger charge is 2.83. The largest absolute Gasteiger partial charge is 0.469 e. The van der Waals surface area contributed by atoms with Gasteiger partial charge in [0.2, 0.25) is 0 Å². The molecule has 0 saturated heterocycles. The van der Waals surface area contributed by atoms with E-state index >= 15 is 0 Å². The van der Waals surface area contributed by atoms with Crippen molar-refractivity contribution in [3.63, 3.8) is 0 Å². The lowest BCUT2D eigenvalue weighted by Gasteiger charge is -2.78. The Morgan fingerprint density at radius 3 is 2.25 bits per heavy atom. The Hall–Kier alpha value is -6.51. The quantitative estimate of drug-likeness (QED) is 0.0950. The van der Waals surface area contributed by atoms with Gasteiger partial charge in [-0.3, -0.25) is 4.79 Å². The molecular formula is C62H34O2. The minimum Gasteiger partial charge on any atom is -0.469 e. The van der Waals surface area contributed by atoms with Gasteiger partial charge in [0.05, 0.1) is 7.11 Å². The molecule has 0 aromatic heterocycles. The molecule has 2 nitrogen and oxygen atoms in total. The monoisotopic (exact) mass is 810 g/mol. The number of hydrogen-bond donors (Lipinski definition) is 0. The van der Waals surface area contributed by atoms with Crippen LogP contribution in [0.3, 0.4) is 0 Å². The lowest BCUT2D eigenvalue weighted by molar-refractivity contribution is -0.140. The van der Waals surface area contributed by atoms with Crippen molar-refractivity contribution in [2.45, 2.75) is 73.5 Å².